The number of carbonyl (C=O) groups is 1. The van der Waals surface area contributed by atoms with Crippen molar-refractivity contribution in [3.8, 4) is 0 Å². The Kier molecular flexibility index (Phi) is 5.37. The smallest absolute Gasteiger partial charge is 0.290 e. The zero-order valence-corrected chi connectivity index (χ0v) is 17.5. The van der Waals surface area contributed by atoms with Crippen LogP contribution in [-0.4, -0.2) is 24.3 Å². The van der Waals surface area contributed by atoms with Gasteiger partial charge in [0.15, 0.2) is 5.76 Å². The Morgan fingerprint density at radius 1 is 0.935 bits per heavy atom. The first kappa shape index (κ1) is 20.8. The molecule has 0 aromatic heterocycles. The predicted molar refractivity (Wildman–Crippen MR) is 114 cm³/mol. The summed E-state index contributed by atoms with van der Waals surface area (Å²) in [5, 5.41) is 10.7. The van der Waals surface area contributed by atoms with Crippen molar-refractivity contribution in [3.05, 3.63) is 112 Å². The summed E-state index contributed by atoms with van der Waals surface area (Å²) in [5.41, 5.74) is 2.04. The van der Waals surface area contributed by atoms with Gasteiger partial charge >= 0.3 is 0 Å². The largest absolute Gasteiger partial charge is 0.502 e. The lowest BCUT2D eigenvalue weighted by molar-refractivity contribution is -0.130. The van der Waals surface area contributed by atoms with E-state index in [1.807, 2.05) is 6.92 Å². The van der Waals surface area contributed by atoms with Crippen LogP contribution in [0.15, 0.2) is 94.4 Å². The molecule has 0 saturated heterocycles. The molecule has 1 atom stereocenters. The van der Waals surface area contributed by atoms with Crippen LogP contribution in [0.1, 0.15) is 22.7 Å². The molecule has 0 bridgehead atoms. The van der Waals surface area contributed by atoms with E-state index in [2.05, 4.69) is 0 Å². The van der Waals surface area contributed by atoms with Gasteiger partial charge in [-0.3, -0.25) is 4.79 Å². The van der Waals surface area contributed by atoms with Gasteiger partial charge in [0.05, 0.1) is 10.9 Å². The Labute approximate surface area is 180 Å². The van der Waals surface area contributed by atoms with Crippen LogP contribution in [0, 0.1) is 12.7 Å². The minimum absolute atomic E-state index is 0.00277. The zero-order chi connectivity index (χ0) is 22.2. The van der Waals surface area contributed by atoms with Crippen molar-refractivity contribution in [2.75, 3.05) is 0 Å². The maximum absolute atomic E-state index is 13.5. The van der Waals surface area contributed by atoms with E-state index in [1.165, 1.54) is 41.3 Å². The molecule has 0 aliphatic carbocycles. The Bertz CT molecular complexity index is 1250. The number of sulfone groups is 1. The number of amides is 1. The van der Waals surface area contributed by atoms with E-state index in [4.69, 9.17) is 0 Å². The average molecular weight is 437 g/mol. The van der Waals surface area contributed by atoms with Gasteiger partial charge in [-0.05, 0) is 42.3 Å². The van der Waals surface area contributed by atoms with Crippen LogP contribution in [0.4, 0.5) is 4.39 Å². The number of hydrogen-bond donors (Lipinski definition) is 1. The van der Waals surface area contributed by atoms with Gasteiger partial charge in [-0.15, -0.1) is 0 Å². The van der Waals surface area contributed by atoms with Crippen LogP contribution in [-0.2, 0) is 21.2 Å². The topological polar surface area (TPSA) is 74.7 Å². The number of rotatable bonds is 5. The second-order valence-corrected chi connectivity index (χ2v) is 9.32. The van der Waals surface area contributed by atoms with Gasteiger partial charge in [0.2, 0.25) is 9.84 Å². The highest BCUT2D eigenvalue weighted by atomic mass is 32.2. The Balaban J connectivity index is 1.83. The van der Waals surface area contributed by atoms with Crippen molar-refractivity contribution < 1.29 is 22.7 Å². The summed E-state index contributed by atoms with van der Waals surface area (Å²) in [7, 11) is -4.16. The molecule has 7 heteroatoms. The molecule has 1 aliphatic heterocycles. The molecule has 1 heterocycles. The number of halogens is 1. The highest BCUT2D eigenvalue weighted by molar-refractivity contribution is 7.95. The summed E-state index contributed by atoms with van der Waals surface area (Å²) in [6.07, 6.45) is 0. The first-order valence-corrected chi connectivity index (χ1v) is 11.1. The fourth-order valence-corrected chi connectivity index (χ4v) is 5.31. The first-order valence-electron chi connectivity index (χ1n) is 9.64. The van der Waals surface area contributed by atoms with Gasteiger partial charge in [0.1, 0.15) is 10.7 Å². The molecule has 3 aromatic rings. The Morgan fingerprint density at radius 3 is 2.16 bits per heavy atom. The number of carbonyl (C=O) groups excluding carboxylic acids is 1. The van der Waals surface area contributed by atoms with E-state index >= 15 is 0 Å². The lowest BCUT2D eigenvalue weighted by Gasteiger charge is -2.27. The van der Waals surface area contributed by atoms with E-state index in [0.717, 1.165) is 5.56 Å². The summed E-state index contributed by atoms with van der Waals surface area (Å²) in [6, 6.07) is 19.5. The number of aryl methyl sites for hydroxylation is 1. The molecule has 1 N–H and O–H groups in total. The van der Waals surface area contributed by atoms with Crippen LogP contribution in [0.2, 0.25) is 0 Å². The van der Waals surface area contributed by atoms with Crippen molar-refractivity contribution in [3.63, 3.8) is 0 Å². The third-order valence-corrected chi connectivity index (χ3v) is 7.15. The van der Waals surface area contributed by atoms with Crippen molar-refractivity contribution in [1.29, 1.82) is 0 Å². The Morgan fingerprint density at radius 2 is 1.55 bits per heavy atom. The van der Waals surface area contributed by atoms with Gasteiger partial charge < -0.3 is 10.0 Å². The fraction of sp³-hybridized carbons (Fsp3) is 0.125. The summed E-state index contributed by atoms with van der Waals surface area (Å²) < 4.78 is 40.3. The molecule has 1 aliphatic rings. The summed E-state index contributed by atoms with van der Waals surface area (Å²) in [5.74, 6) is -2.00. The third-order valence-electron chi connectivity index (χ3n) is 5.26. The summed E-state index contributed by atoms with van der Waals surface area (Å²) >= 11 is 0. The molecular formula is C24H20FNO4S. The second-order valence-electron chi connectivity index (χ2n) is 7.40. The van der Waals surface area contributed by atoms with Gasteiger partial charge in [0.25, 0.3) is 5.91 Å². The highest BCUT2D eigenvalue weighted by Crippen LogP contribution is 2.43. The molecule has 0 spiro atoms. The molecule has 0 unspecified atom stereocenters. The standard InChI is InChI=1S/C24H20FNO4S/c1-16-7-13-20(14-8-16)31(29,30)23-21(18-5-3-2-4-6-18)26(24(28)22(23)27)15-17-9-11-19(25)12-10-17/h2-14,21,27H,15H2,1H3/t21-/m0/s1. The average Bonchev–Trinajstić information content (AvgIpc) is 3.02. The van der Waals surface area contributed by atoms with Crippen molar-refractivity contribution >= 4 is 15.7 Å². The molecule has 0 fully saturated rings. The van der Waals surface area contributed by atoms with Crippen LogP contribution in [0.25, 0.3) is 0 Å². The molecule has 0 saturated carbocycles. The molecule has 5 nitrogen and oxygen atoms in total. The van der Waals surface area contributed by atoms with Gasteiger partial charge in [-0.2, -0.15) is 0 Å². The van der Waals surface area contributed by atoms with E-state index in [0.29, 0.717) is 11.1 Å². The number of aliphatic hydroxyl groups excluding tert-OH is 1. The number of hydrogen-bond acceptors (Lipinski definition) is 4. The van der Waals surface area contributed by atoms with E-state index in [9.17, 15) is 22.7 Å². The van der Waals surface area contributed by atoms with Crippen LogP contribution in [0.5, 0.6) is 0 Å². The van der Waals surface area contributed by atoms with Crippen molar-refractivity contribution in [2.45, 2.75) is 24.4 Å². The minimum Gasteiger partial charge on any atom is -0.502 e. The maximum Gasteiger partial charge on any atom is 0.290 e. The lowest BCUT2D eigenvalue weighted by Crippen LogP contribution is -2.30. The fourth-order valence-electron chi connectivity index (χ4n) is 3.66. The molecular weight excluding hydrogens is 417 g/mol. The molecule has 0 radical (unpaired) electrons. The van der Waals surface area contributed by atoms with Crippen LogP contribution in [0.3, 0.4) is 0 Å². The minimum atomic E-state index is -4.16. The quantitative estimate of drug-likeness (QED) is 0.640. The predicted octanol–water partition coefficient (Wildman–Crippen LogP) is 4.46. The van der Waals surface area contributed by atoms with Crippen LogP contribution >= 0.6 is 0 Å². The number of aliphatic hydroxyl groups is 1. The Hall–Kier alpha value is -3.45. The van der Waals surface area contributed by atoms with Gasteiger partial charge in [-0.1, -0.05) is 60.2 Å². The lowest BCUT2D eigenvalue weighted by atomic mass is 10.1. The molecule has 1 amide bonds. The molecule has 158 valence electrons. The SMILES string of the molecule is Cc1ccc(S(=O)(=O)C2=C(O)C(=O)N(Cc3ccc(F)cc3)[C@H]2c2ccccc2)cc1. The summed E-state index contributed by atoms with van der Waals surface area (Å²) in [4.78, 5) is 13.9. The maximum atomic E-state index is 13.5. The molecule has 31 heavy (non-hydrogen) atoms. The molecule has 3 aromatic carbocycles. The zero-order valence-electron chi connectivity index (χ0n) is 16.7. The second kappa shape index (κ2) is 8.00. The summed E-state index contributed by atoms with van der Waals surface area (Å²) in [6.45, 7) is 1.85. The normalized spacial score (nSPS) is 16.8. The monoisotopic (exact) mass is 437 g/mol. The van der Waals surface area contributed by atoms with E-state index < -0.39 is 33.4 Å². The first-order chi connectivity index (χ1) is 14.8. The van der Waals surface area contributed by atoms with Crippen molar-refractivity contribution in [2.24, 2.45) is 0 Å². The third kappa shape index (κ3) is 3.84. The highest BCUT2D eigenvalue weighted by Gasteiger charge is 2.46. The number of benzene rings is 3. The van der Waals surface area contributed by atoms with Gasteiger partial charge in [-0.25, -0.2) is 12.8 Å². The molecule has 4 rings (SSSR count). The van der Waals surface area contributed by atoms with Crippen LogP contribution < -0.4 is 0 Å². The van der Waals surface area contributed by atoms with Gasteiger partial charge in [0, 0.05) is 6.54 Å². The van der Waals surface area contributed by atoms with Crippen molar-refractivity contribution in [1.82, 2.24) is 4.90 Å². The van der Waals surface area contributed by atoms with E-state index in [-0.39, 0.29) is 16.3 Å². The van der Waals surface area contributed by atoms with E-state index in [1.54, 1.807) is 42.5 Å². The number of nitrogens with zero attached hydrogens (tertiary/aromatic N) is 1.